The zero-order chi connectivity index (χ0) is 7.68. The molecule has 0 amide bonds. The van der Waals surface area contributed by atoms with Crippen LogP contribution >= 0.6 is 0 Å². The average Bonchev–Trinajstić information content (AvgIpc) is 2.36. The Labute approximate surface area is 68.5 Å². The SMILES string of the molecule is CC1CN(CC2CCOC2)C1. The zero-order valence-electron chi connectivity index (χ0n) is 7.25. The van der Waals surface area contributed by atoms with Gasteiger partial charge in [0.05, 0.1) is 6.61 Å². The summed E-state index contributed by atoms with van der Waals surface area (Å²) in [6, 6.07) is 0. The fourth-order valence-electron chi connectivity index (χ4n) is 2.07. The third-order valence-electron chi connectivity index (χ3n) is 2.68. The first-order valence-electron chi connectivity index (χ1n) is 4.64. The molecule has 0 aromatic rings. The first kappa shape index (κ1) is 7.56. The van der Waals surface area contributed by atoms with Crippen LogP contribution in [-0.4, -0.2) is 37.7 Å². The van der Waals surface area contributed by atoms with Crippen molar-refractivity contribution in [2.24, 2.45) is 11.8 Å². The number of ether oxygens (including phenoxy) is 1. The van der Waals surface area contributed by atoms with Crippen LogP contribution < -0.4 is 0 Å². The second-order valence-corrected chi connectivity index (χ2v) is 4.05. The molecule has 0 radical (unpaired) electrons. The van der Waals surface area contributed by atoms with Crippen LogP contribution in [0.15, 0.2) is 0 Å². The summed E-state index contributed by atoms with van der Waals surface area (Å²) in [5.74, 6) is 1.78. The molecule has 0 aromatic heterocycles. The number of likely N-dealkylation sites (tertiary alicyclic amines) is 1. The molecule has 11 heavy (non-hydrogen) atoms. The maximum absolute atomic E-state index is 5.33. The lowest BCUT2D eigenvalue weighted by atomic mass is 9.99. The van der Waals surface area contributed by atoms with E-state index < -0.39 is 0 Å². The Morgan fingerprint density at radius 2 is 2.27 bits per heavy atom. The first-order chi connectivity index (χ1) is 5.34. The second-order valence-electron chi connectivity index (χ2n) is 4.05. The van der Waals surface area contributed by atoms with Crippen molar-refractivity contribution < 1.29 is 4.74 Å². The number of rotatable bonds is 2. The highest BCUT2D eigenvalue weighted by atomic mass is 16.5. The van der Waals surface area contributed by atoms with Crippen molar-refractivity contribution in [1.82, 2.24) is 4.90 Å². The van der Waals surface area contributed by atoms with E-state index in [1.54, 1.807) is 0 Å². The van der Waals surface area contributed by atoms with Gasteiger partial charge in [-0.25, -0.2) is 0 Å². The molecule has 1 atom stereocenters. The first-order valence-corrected chi connectivity index (χ1v) is 4.64. The van der Waals surface area contributed by atoms with Gasteiger partial charge in [0, 0.05) is 26.2 Å². The van der Waals surface area contributed by atoms with E-state index in [0.29, 0.717) is 0 Å². The molecule has 2 aliphatic heterocycles. The van der Waals surface area contributed by atoms with Crippen LogP contribution in [0.1, 0.15) is 13.3 Å². The molecule has 0 aliphatic carbocycles. The van der Waals surface area contributed by atoms with Gasteiger partial charge in [0.1, 0.15) is 0 Å². The zero-order valence-corrected chi connectivity index (χ0v) is 7.25. The van der Waals surface area contributed by atoms with Crippen molar-refractivity contribution in [3.05, 3.63) is 0 Å². The van der Waals surface area contributed by atoms with E-state index in [-0.39, 0.29) is 0 Å². The maximum Gasteiger partial charge on any atom is 0.0507 e. The largest absolute Gasteiger partial charge is 0.381 e. The molecule has 2 rings (SSSR count). The predicted octanol–water partition coefficient (Wildman–Crippen LogP) is 0.975. The molecular formula is C9H17NO. The van der Waals surface area contributed by atoms with Crippen molar-refractivity contribution in [3.8, 4) is 0 Å². The molecule has 0 aromatic carbocycles. The van der Waals surface area contributed by atoms with Gasteiger partial charge in [0.2, 0.25) is 0 Å². The monoisotopic (exact) mass is 155 g/mol. The van der Waals surface area contributed by atoms with Crippen molar-refractivity contribution in [1.29, 1.82) is 0 Å². The summed E-state index contributed by atoms with van der Waals surface area (Å²) in [5.41, 5.74) is 0. The van der Waals surface area contributed by atoms with E-state index in [0.717, 1.165) is 25.0 Å². The summed E-state index contributed by atoms with van der Waals surface area (Å²) in [4.78, 5) is 2.55. The summed E-state index contributed by atoms with van der Waals surface area (Å²) in [5, 5.41) is 0. The summed E-state index contributed by atoms with van der Waals surface area (Å²) >= 11 is 0. The van der Waals surface area contributed by atoms with E-state index in [1.165, 1.54) is 26.1 Å². The van der Waals surface area contributed by atoms with Gasteiger partial charge in [-0.05, 0) is 18.3 Å². The van der Waals surface area contributed by atoms with Gasteiger partial charge in [-0.1, -0.05) is 6.92 Å². The van der Waals surface area contributed by atoms with Crippen LogP contribution in [0.4, 0.5) is 0 Å². The Morgan fingerprint density at radius 3 is 2.82 bits per heavy atom. The molecule has 0 spiro atoms. The Morgan fingerprint density at radius 1 is 1.45 bits per heavy atom. The van der Waals surface area contributed by atoms with Gasteiger partial charge in [-0.15, -0.1) is 0 Å². The Balaban J connectivity index is 1.66. The van der Waals surface area contributed by atoms with Crippen LogP contribution in [0.2, 0.25) is 0 Å². The van der Waals surface area contributed by atoms with E-state index in [9.17, 15) is 0 Å². The van der Waals surface area contributed by atoms with E-state index >= 15 is 0 Å². The highest BCUT2D eigenvalue weighted by molar-refractivity contribution is 4.79. The molecule has 2 nitrogen and oxygen atoms in total. The molecule has 2 aliphatic rings. The third-order valence-corrected chi connectivity index (χ3v) is 2.68. The molecule has 1 unspecified atom stereocenters. The minimum absolute atomic E-state index is 0.836. The van der Waals surface area contributed by atoms with Gasteiger partial charge >= 0.3 is 0 Å². The molecule has 0 N–H and O–H groups in total. The third kappa shape index (κ3) is 1.74. The lowest BCUT2D eigenvalue weighted by molar-refractivity contribution is 0.0863. The molecular weight excluding hydrogens is 138 g/mol. The quantitative estimate of drug-likeness (QED) is 0.589. The molecule has 2 saturated heterocycles. The fraction of sp³-hybridized carbons (Fsp3) is 1.00. The van der Waals surface area contributed by atoms with Gasteiger partial charge in [0.15, 0.2) is 0 Å². The molecule has 2 fully saturated rings. The van der Waals surface area contributed by atoms with Crippen LogP contribution in [0.5, 0.6) is 0 Å². The normalized spacial score (nSPS) is 34.1. The van der Waals surface area contributed by atoms with Crippen molar-refractivity contribution in [2.45, 2.75) is 13.3 Å². The van der Waals surface area contributed by atoms with Gasteiger partial charge < -0.3 is 9.64 Å². The lowest BCUT2D eigenvalue weighted by Gasteiger charge is -2.38. The van der Waals surface area contributed by atoms with Crippen molar-refractivity contribution in [2.75, 3.05) is 32.8 Å². The fourth-order valence-corrected chi connectivity index (χ4v) is 2.07. The highest BCUT2D eigenvalue weighted by Gasteiger charge is 2.26. The molecule has 0 saturated carbocycles. The van der Waals surface area contributed by atoms with Crippen LogP contribution in [0.25, 0.3) is 0 Å². The van der Waals surface area contributed by atoms with Crippen LogP contribution in [0.3, 0.4) is 0 Å². The van der Waals surface area contributed by atoms with Crippen molar-refractivity contribution >= 4 is 0 Å². The smallest absolute Gasteiger partial charge is 0.0507 e. The molecule has 0 bridgehead atoms. The molecule has 2 heteroatoms. The van der Waals surface area contributed by atoms with E-state index in [2.05, 4.69) is 11.8 Å². The summed E-state index contributed by atoms with van der Waals surface area (Å²) < 4.78 is 5.33. The van der Waals surface area contributed by atoms with E-state index in [1.807, 2.05) is 0 Å². The van der Waals surface area contributed by atoms with E-state index in [4.69, 9.17) is 4.74 Å². The standard InChI is InChI=1S/C9H17NO/c1-8-4-10(5-8)6-9-2-3-11-7-9/h8-9H,2-7H2,1H3. The number of nitrogens with zero attached hydrogens (tertiary/aromatic N) is 1. The number of hydrogen-bond acceptors (Lipinski definition) is 2. The van der Waals surface area contributed by atoms with Gasteiger partial charge in [0.25, 0.3) is 0 Å². The predicted molar refractivity (Wildman–Crippen MR) is 44.5 cm³/mol. The Kier molecular flexibility index (Phi) is 2.14. The number of hydrogen-bond donors (Lipinski definition) is 0. The minimum Gasteiger partial charge on any atom is -0.381 e. The Bertz CT molecular complexity index is 126. The summed E-state index contributed by atoms with van der Waals surface area (Å²) in [6.45, 7) is 8.23. The molecule has 64 valence electrons. The second kappa shape index (κ2) is 3.11. The Hall–Kier alpha value is -0.0800. The topological polar surface area (TPSA) is 12.5 Å². The maximum atomic E-state index is 5.33. The average molecular weight is 155 g/mol. The van der Waals surface area contributed by atoms with Gasteiger partial charge in [-0.2, -0.15) is 0 Å². The summed E-state index contributed by atoms with van der Waals surface area (Å²) in [6.07, 6.45) is 1.28. The van der Waals surface area contributed by atoms with Gasteiger partial charge in [-0.3, -0.25) is 0 Å². The summed E-state index contributed by atoms with van der Waals surface area (Å²) in [7, 11) is 0. The molecule has 2 heterocycles. The highest BCUT2D eigenvalue weighted by Crippen LogP contribution is 2.20. The van der Waals surface area contributed by atoms with Crippen LogP contribution in [-0.2, 0) is 4.74 Å². The minimum atomic E-state index is 0.836. The lowest BCUT2D eigenvalue weighted by Crippen LogP contribution is -2.47. The van der Waals surface area contributed by atoms with Crippen LogP contribution in [0, 0.1) is 11.8 Å². The van der Waals surface area contributed by atoms with Crippen molar-refractivity contribution in [3.63, 3.8) is 0 Å².